The summed E-state index contributed by atoms with van der Waals surface area (Å²) in [6, 6.07) is 10.7. The summed E-state index contributed by atoms with van der Waals surface area (Å²) in [7, 11) is 0. The maximum atomic E-state index is 12.1. The van der Waals surface area contributed by atoms with Crippen molar-refractivity contribution < 1.29 is 9.53 Å². The Morgan fingerprint density at radius 3 is 2.90 bits per heavy atom. The van der Waals surface area contributed by atoms with Gasteiger partial charge in [0.1, 0.15) is 12.3 Å². The molecule has 0 amide bonds. The predicted molar refractivity (Wildman–Crippen MR) is 79.4 cm³/mol. The summed E-state index contributed by atoms with van der Waals surface area (Å²) < 4.78 is 7.08. The van der Waals surface area contributed by atoms with E-state index in [2.05, 4.69) is 6.07 Å². The Morgan fingerprint density at radius 2 is 2.19 bits per heavy atom. The van der Waals surface area contributed by atoms with Crippen LogP contribution < -0.4 is 5.73 Å². The molecule has 2 aromatic rings. The molecule has 5 heteroatoms. The van der Waals surface area contributed by atoms with Gasteiger partial charge in [-0.3, -0.25) is 0 Å². The van der Waals surface area contributed by atoms with Gasteiger partial charge in [0.05, 0.1) is 17.3 Å². The van der Waals surface area contributed by atoms with Crippen LogP contribution in [-0.2, 0) is 17.9 Å². The summed E-state index contributed by atoms with van der Waals surface area (Å²) in [6.07, 6.45) is 2.62. The molecule has 1 heterocycles. The Morgan fingerprint density at radius 1 is 1.43 bits per heavy atom. The van der Waals surface area contributed by atoms with E-state index in [1.807, 2.05) is 13.0 Å². The van der Waals surface area contributed by atoms with Crippen LogP contribution in [0.2, 0.25) is 0 Å². The number of carbonyl (C=O) groups is 1. The zero-order chi connectivity index (χ0) is 15.2. The van der Waals surface area contributed by atoms with Gasteiger partial charge in [-0.15, -0.1) is 0 Å². The molecule has 0 atom stereocenters. The number of ether oxygens (including phenoxy) is 1. The molecule has 108 valence electrons. The van der Waals surface area contributed by atoms with Gasteiger partial charge in [-0.25, -0.2) is 4.79 Å². The summed E-state index contributed by atoms with van der Waals surface area (Å²) in [6.45, 7) is 2.80. The molecule has 0 bridgehead atoms. The van der Waals surface area contributed by atoms with Gasteiger partial charge < -0.3 is 15.0 Å². The molecule has 0 unspecified atom stereocenters. The molecule has 5 nitrogen and oxygen atoms in total. The summed E-state index contributed by atoms with van der Waals surface area (Å²) in [5, 5.41) is 9.01. The van der Waals surface area contributed by atoms with E-state index in [1.54, 1.807) is 35.0 Å². The van der Waals surface area contributed by atoms with Gasteiger partial charge in [-0.05, 0) is 18.6 Å². The second-order valence-electron chi connectivity index (χ2n) is 4.70. The van der Waals surface area contributed by atoms with Crippen molar-refractivity contribution in [3.63, 3.8) is 0 Å². The Labute approximate surface area is 123 Å². The van der Waals surface area contributed by atoms with Crippen molar-refractivity contribution in [2.45, 2.75) is 26.5 Å². The maximum Gasteiger partial charge on any atom is 0.355 e. The zero-order valence-corrected chi connectivity index (χ0v) is 11.9. The number of aryl methyl sites for hydroxylation is 1. The Bertz CT molecular complexity index is 683. The number of hydrogen-bond acceptors (Lipinski definition) is 4. The molecule has 0 saturated carbocycles. The highest BCUT2D eigenvalue weighted by atomic mass is 16.5. The first-order valence-corrected chi connectivity index (χ1v) is 6.76. The lowest BCUT2D eigenvalue weighted by Crippen LogP contribution is -2.12. The number of nitriles is 1. The van der Waals surface area contributed by atoms with Crippen LogP contribution in [0.15, 0.2) is 36.5 Å². The van der Waals surface area contributed by atoms with Gasteiger partial charge in [0, 0.05) is 18.3 Å². The van der Waals surface area contributed by atoms with Crippen LogP contribution >= 0.6 is 0 Å². The lowest BCUT2D eigenvalue weighted by atomic mass is 10.1. The van der Waals surface area contributed by atoms with Crippen LogP contribution in [0.4, 0.5) is 5.69 Å². The van der Waals surface area contributed by atoms with Crippen molar-refractivity contribution in [2.24, 2.45) is 0 Å². The average Bonchev–Trinajstić information content (AvgIpc) is 2.86. The lowest BCUT2D eigenvalue weighted by Gasteiger charge is -2.08. The molecule has 2 rings (SSSR count). The molecule has 0 saturated heterocycles. The Hall–Kier alpha value is -2.74. The topological polar surface area (TPSA) is 81.0 Å². The number of hydrogen-bond donors (Lipinski definition) is 1. The smallest absolute Gasteiger partial charge is 0.355 e. The van der Waals surface area contributed by atoms with Crippen molar-refractivity contribution in [1.29, 1.82) is 5.26 Å². The molecule has 0 aliphatic carbocycles. The van der Waals surface area contributed by atoms with E-state index in [-0.39, 0.29) is 6.61 Å². The van der Waals surface area contributed by atoms with E-state index in [4.69, 9.17) is 15.7 Å². The van der Waals surface area contributed by atoms with Gasteiger partial charge in [0.2, 0.25) is 0 Å². The fraction of sp³-hybridized carbons (Fsp3) is 0.250. The first-order chi connectivity index (χ1) is 10.2. The standard InChI is InChI=1S/C16H17N3O2/c1-2-7-19-10-14(18)8-15(19)16(20)21-11-13-6-4-3-5-12(13)9-17/h3-6,8,10H,2,7,11,18H2,1H3. The summed E-state index contributed by atoms with van der Waals surface area (Å²) in [4.78, 5) is 12.1. The molecular formula is C16H17N3O2. The lowest BCUT2D eigenvalue weighted by molar-refractivity contribution is 0.0459. The summed E-state index contributed by atoms with van der Waals surface area (Å²) in [5.74, 6) is -0.437. The van der Waals surface area contributed by atoms with Gasteiger partial charge in [-0.1, -0.05) is 25.1 Å². The third-order valence-electron chi connectivity index (χ3n) is 3.09. The first-order valence-electron chi connectivity index (χ1n) is 6.76. The van der Waals surface area contributed by atoms with Gasteiger partial charge in [0.25, 0.3) is 0 Å². The maximum absolute atomic E-state index is 12.1. The fourth-order valence-corrected chi connectivity index (χ4v) is 2.10. The normalized spacial score (nSPS) is 10.1. The van der Waals surface area contributed by atoms with E-state index >= 15 is 0 Å². The van der Waals surface area contributed by atoms with Crippen LogP contribution in [0.1, 0.15) is 35.0 Å². The molecule has 0 spiro atoms. The summed E-state index contributed by atoms with van der Waals surface area (Å²) >= 11 is 0. The molecular weight excluding hydrogens is 266 g/mol. The second-order valence-corrected chi connectivity index (χ2v) is 4.70. The molecule has 0 aliphatic rings. The van der Waals surface area contributed by atoms with Gasteiger partial charge >= 0.3 is 5.97 Å². The molecule has 1 aromatic carbocycles. The van der Waals surface area contributed by atoms with Crippen LogP contribution in [0, 0.1) is 11.3 Å². The fourth-order valence-electron chi connectivity index (χ4n) is 2.10. The molecule has 0 radical (unpaired) electrons. The summed E-state index contributed by atoms with van der Waals surface area (Å²) in [5.41, 5.74) is 7.90. The number of nitrogens with zero attached hydrogens (tertiary/aromatic N) is 2. The Kier molecular flexibility index (Phi) is 4.62. The third kappa shape index (κ3) is 3.42. The minimum Gasteiger partial charge on any atom is -0.456 e. The number of carbonyl (C=O) groups excluding carboxylic acids is 1. The number of esters is 1. The van der Waals surface area contributed by atoms with E-state index in [9.17, 15) is 4.79 Å². The van der Waals surface area contributed by atoms with Crippen molar-refractivity contribution in [3.8, 4) is 6.07 Å². The first kappa shape index (κ1) is 14.7. The molecule has 21 heavy (non-hydrogen) atoms. The second kappa shape index (κ2) is 6.62. The largest absolute Gasteiger partial charge is 0.456 e. The quantitative estimate of drug-likeness (QED) is 0.855. The van der Waals surface area contributed by atoms with E-state index in [1.165, 1.54) is 0 Å². The van der Waals surface area contributed by atoms with Crippen molar-refractivity contribution in [1.82, 2.24) is 4.57 Å². The number of rotatable bonds is 5. The van der Waals surface area contributed by atoms with Gasteiger partial charge in [-0.2, -0.15) is 5.26 Å². The highest BCUT2D eigenvalue weighted by molar-refractivity contribution is 5.89. The minimum atomic E-state index is -0.437. The molecule has 0 aliphatic heterocycles. The molecule has 2 N–H and O–H groups in total. The van der Waals surface area contributed by atoms with E-state index < -0.39 is 5.97 Å². The van der Waals surface area contributed by atoms with Crippen LogP contribution in [-0.4, -0.2) is 10.5 Å². The number of nitrogen functional groups attached to an aromatic ring is 1. The van der Waals surface area contributed by atoms with Crippen molar-refractivity contribution in [3.05, 3.63) is 53.3 Å². The van der Waals surface area contributed by atoms with E-state index in [0.717, 1.165) is 6.42 Å². The number of aromatic nitrogens is 1. The molecule has 1 aromatic heterocycles. The molecule has 0 fully saturated rings. The highest BCUT2D eigenvalue weighted by Crippen LogP contribution is 2.15. The number of nitrogens with two attached hydrogens (primary N) is 1. The van der Waals surface area contributed by atoms with Crippen molar-refractivity contribution >= 4 is 11.7 Å². The number of benzene rings is 1. The third-order valence-corrected chi connectivity index (χ3v) is 3.09. The van der Waals surface area contributed by atoms with Crippen LogP contribution in [0.5, 0.6) is 0 Å². The highest BCUT2D eigenvalue weighted by Gasteiger charge is 2.14. The minimum absolute atomic E-state index is 0.0692. The zero-order valence-electron chi connectivity index (χ0n) is 11.9. The SMILES string of the molecule is CCCn1cc(N)cc1C(=O)OCc1ccccc1C#N. The average molecular weight is 283 g/mol. The predicted octanol–water partition coefficient (Wildman–Crippen LogP) is 2.71. The van der Waals surface area contributed by atoms with Gasteiger partial charge in [0.15, 0.2) is 0 Å². The van der Waals surface area contributed by atoms with Crippen molar-refractivity contribution in [2.75, 3.05) is 5.73 Å². The number of anilines is 1. The van der Waals surface area contributed by atoms with Crippen LogP contribution in [0.25, 0.3) is 0 Å². The van der Waals surface area contributed by atoms with E-state index in [0.29, 0.717) is 29.1 Å². The monoisotopic (exact) mass is 283 g/mol. The van der Waals surface area contributed by atoms with Crippen LogP contribution in [0.3, 0.4) is 0 Å². The Balaban J connectivity index is 2.10.